The molecule has 1 fully saturated rings. The minimum atomic E-state index is 0.104. The van der Waals surface area contributed by atoms with Gasteiger partial charge in [-0.15, -0.1) is 0 Å². The molecule has 1 N–H and O–H groups in total. The van der Waals surface area contributed by atoms with E-state index in [9.17, 15) is 4.79 Å². The lowest BCUT2D eigenvalue weighted by atomic mass is 10.0. The molecule has 1 aliphatic heterocycles. The van der Waals surface area contributed by atoms with Crippen molar-refractivity contribution in [1.29, 1.82) is 0 Å². The van der Waals surface area contributed by atoms with E-state index in [0.717, 1.165) is 72.2 Å². The van der Waals surface area contributed by atoms with Crippen LogP contribution in [0.3, 0.4) is 0 Å². The van der Waals surface area contributed by atoms with Gasteiger partial charge < -0.3 is 15.1 Å². The van der Waals surface area contributed by atoms with Crippen LogP contribution in [0.25, 0.3) is 21.8 Å². The van der Waals surface area contributed by atoms with Gasteiger partial charge in [-0.1, -0.05) is 38.0 Å². The van der Waals surface area contributed by atoms with Crippen molar-refractivity contribution in [3.05, 3.63) is 48.0 Å². The zero-order chi connectivity index (χ0) is 20.2. The van der Waals surface area contributed by atoms with Crippen LogP contribution in [0, 0.1) is 0 Å². The maximum Gasteiger partial charge on any atom is 0.254 e. The van der Waals surface area contributed by atoms with E-state index >= 15 is 0 Å². The monoisotopic (exact) mass is 390 g/mol. The lowest BCUT2D eigenvalue weighted by Gasteiger charge is -2.32. The highest BCUT2D eigenvalue weighted by molar-refractivity contribution is 6.09. The van der Waals surface area contributed by atoms with E-state index in [4.69, 9.17) is 4.98 Å². The smallest absolute Gasteiger partial charge is 0.254 e. The van der Waals surface area contributed by atoms with Crippen LogP contribution in [-0.2, 0) is 0 Å². The molecular weight excluding hydrogens is 360 g/mol. The van der Waals surface area contributed by atoms with Crippen LogP contribution in [0.15, 0.2) is 42.5 Å². The third kappa shape index (κ3) is 4.20. The number of anilines is 1. The van der Waals surface area contributed by atoms with Crippen LogP contribution in [-0.4, -0.2) is 60.5 Å². The van der Waals surface area contributed by atoms with Crippen LogP contribution in [0.4, 0.5) is 5.69 Å². The first kappa shape index (κ1) is 19.6. The number of fused-ring (bicyclic) bond motifs is 2. The molecule has 0 unspecified atom stereocenters. The molecule has 0 aliphatic carbocycles. The molecule has 2 aromatic carbocycles. The first-order valence-corrected chi connectivity index (χ1v) is 10.7. The molecule has 0 atom stereocenters. The topological polar surface area (TPSA) is 48.5 Å². The molecule has 152 valence electrons. The fourth-order valence-electron chi connectivity index (χ4n) is 4.00. The van der Waals surface area contributed by atoms with Crippen LogP contribution in [0.5, 0.6) is 0 Å². The van der Waals surface area contributed by atoms with E-state index in [1.54, 1.807) is 0 Å². The third-order valence-electron chi connectivity index (χ3n) is 5.80. The van der Waals surface area contributed by atoms with Crippen LogP contribution in [0.1, 0.15) is 36.5 Å². The summed E-state index contributed by atoms with van der Waals surface area (Å²) in [6.45, 7) is 6.57. The molecule has 5 nitrogen and oxygen atoms in total. The summed E-state index contributed by atoms with van der Waals surface area (Å²) >= 11 is 0. The molecule has 1 aromatic heterocycles. The second-order valence-electron chi connectivity index (χ2n) is 7.97. The van der Waals surface area contributed by atoms with Crippen molar-refractivity contribution in [2.45, 2.75) is 26.2 Å². The number of hydrogen-bond donors (Lipinski definition) is 1. The highest BCUT2D eigenvalue weighted by Gasteiger charge is 2.21. The van der Waals surface area contributed by atoms with Crippen molar-refractivity contribution in [2.24, 2.45) is 0 Å². The number of unbranched alkanes of at least 4 members (excludes halogenated alkanes) is 2. The summed E-state index contributed by atoms with van der Waals surface area (Å²) in [5.41, 5.74) is 3.69. The van der Waals surface area contributed by atoms with Gasteiger partial charge in [-0.2, -0.15) is 0 Å². The fourth-order valence-corrected chi connectivity index (χ4v) is 4.00. The highest BCUT2D eigenvalue weighted by atomic mass is 16.2. The molecule has 1 saturated heterocycles. The summed E-state index contributed by atoms with van der Waals surface area (Å²) in [5, 5.41) is 5.85. The Labute approximate surface area is 172 Å². The Balaban J connectivity index is 1.69. The fraction of sp³-hybridized carbons (Fsp3) is 0.417. The number of nitrogens with zero attached hydrogens (tertiary/aromatic N) is 3. The van der Waals surface area contributed by atoms with Crippen molar-refractivity contribution in [3.8, 4) is 0 Å². The third-order valence-corrected chi connectivity index (χ3v) is 5.80. The van der Waals surface area contributed by atoms with E-state index in [1.807, 2.05) is 29.2 Å². The van der Waals surface area contributed by atoms with Gasteiger partial charge in [-0.05, 0) is 37.7 Å². The molecule has 3 aromatic rings. The molecule has 29 heavy (non-hydrogen) atoms. The molecule has 5 heteroatoms. The number of piperazine rings is 1. The van der Waals surface area contributed by atoms with Gasteiger partial charge in [0, 0.05) is 49.1 Å². The SMILES string of the molecule is CCCCCNc1c2ccccc2nc2cc(C(=O)N3CCN(C)CC3)ccc12. The van der Waals surface area contributed by atoms with Crippen LogP contribution in [0.2, 0.25) is 0 Å². The zero-order valence-electron chi connectivity index (χ0n) is 17.4. The minimum Gasteiger partial charge on any atom is -0.384 e. The highest BCUT2D eigenvalue weighted by Crippen LogP contribution is 2.31. The molecular formula is C24H30N4O. The lowest BCUT2D eigenvalue weighted by molar-refractivity contribution is 0.0664. The number of hydrogen-bond acceptors (Lipinski definition) is 4. The van der Waals surface area contributed by atoms with E-state index < -0.39 is 0 Å². The quantitative estimate of drug-likeness (QED) is 0.501. The van der Waals surface area contributed by atoms with Crippen molar-refractivity contribution in [2.75, 3.05) is 45.1 Å². The predicted molar refractivity (Wildman–Crippen MR) is 121 cm³/mol. The summed E-state index contributed by atoms with van der Waals surface area (Å²) in [7, 11) is 2.10. The second-order valence-corrected chi connectivity index (χ2v) is 7.97. The van der Waals surface area contributed by atoms with Crippen molar-refractivity contribution >= 4 is 33.4 Å². The summed E-state index contributed by atoms with van der Waals surface area (Å²) < 4.78 is 0. The van der Waals surface area contributed by atoms with Crippen LogP contribution >= 0.6 is 0 Å². The predicted octanol–water partition coefficient (Wildman–Crippen LogP) is 4.38. The normalized spacial score (nSPS) is 15.2. The number of pyridine rings is 1. The van der Waals surface area contributed by atoms with E-state index in [-0.39, 0.29) is 5.91 Å². The summed E-state index contributed by atoms with van der Waals surface area (Å²) in [4.78, 5) is 22.1. The summed E-state index contributed by atoms with van der Waals surface area (Å²) in [6.07, 6.45) is 3.57. The molecule has 2 heterocycles. The number of nitrogens with one attached hydrogen (secondary N) is 1. The average molecular weight is 391 g/mol. The number of aromatic nitrogens is 1. The average Bonchev–Trinajstić information content (AvgIpc) is 2.75. The van der Waals surface area contributed by atoms with Gasteiger partial charge in [0.1, 0.15) is 0 Å². The molecule has 0 spiro atoms. The largest absolute Gasteiger partial charge is 0.384 e. The Kier molecular flexibility index (Phi) is 5.95. The number of rotatable bonds is 6. The first-order chi connectivity index (χ1) is 14.2. The number of para-hydroxylation sites is 1. The van der Waals surface area contributed by atoms with Gasteiger partial charge in [-0.25, -0.2) is 4.98 Å². The standard InChI is InChI=1S/C24H30N4O/c1-3-4-7-12-25-23-19-8-5-6-9-21(19)26-22-17-18(10-11-20(22)23)24(29)28-15-13-27(2)14-16-28/h5-6,8-11,17H,3-4,7,12-16H2,1-2H3,(H,25,26). The second kappa shape index (κ2) is 8.78. The van der Waals surface area contributed by atoms with E-state index in [2.05, 4.69) is 42.4 Å². The number of carbonyl (C=O) groups is 1. The Morgan fingerprint density at radius 3 is 2.55 bits per heavy atom. The van der Waals surface area contributed by atoms with Gasteiger partial charge in [-0.3, -0.25) is 4.79 Å². The van der Waals surface area contributed by atoms with Crippen molar-refractivity contribution in [3.63, 3.8) is 0 Å². The van der Waals surface area contributed by atoms with Crippen LogP contribution < -0.4 is 5.32 Å². The van der Waals surface area contributed by atoms with Gasteiger partial charge in [0.15, 0.2) is 0 Å². The van der Waals surface area contributed by atoms with Gasteiger partial charge >= 0.3 is 0 Å². The molecule has 1 aliphatic rings. The van der Waals surface area contributed by atoms with Crippen molar-refractivity contribution in [1.82, 2.24) is 14.8 Å². The molecule has 4 rings (SSSR count). The maximum atomic E-state index is 13.0. The number of amides is 1. The Morgan fingerprint density at radius 1 is 1.00 bits per heavy atom. The van der Waals surface area contributed by atoms with E-state index in [1.165, 1.54) is 12.8 Å². The Morgan fingerprint density at radius 2 is 1.76 bits per heavy atom. The number of likely N-dealkylation sites (N-methyl/N-ethyl adjacent to an activating group) is 1. The summed E-state index contributed by atoms with van der Waals surface area (Å²) in [5.74, 6) is 0.104. The zero-order valence-corrected chi connectivity index (χ0v) is 17.4. The minimum absolute atomic E-state index is 0.104. The molecule has 0 bridgehead atoms. The first-order valence-electron chi connectivity index (χ1n) is 10.7. The maximum absolute atomic E-state index is 13.0. The van der Waals surface area contributed by atoms with Gasteiger partial charge in [0.05, 0.1) is 16.7 Å². The number of carbonyl (C=O) groups excluding carboxylic acids is 1. The van der Waals surface area contributed by atoms with Gasteiger partial charge in [0.25, 0.3) is 5.91 Å². The molecule has 1 amide bonds. The summed E-state index contributed by atoms with van der Waals surface area (Å²) in [6, 6.07) is 14.2. The van der Waals surface area contributed by atoms with Gasteiger partial charge in [0.2, 0.25) is 0 Å². The molecule has 0 radical (unpaired) electrons. The number of benzene rings is 2. The van der Waals surface area contributed by atoms with Crippen molar-refractivity contribution < 1.29 is 4.79 Å². The lowest BCUT2D eigenvalue weighted by Crippen LogP contribution is -2.47. The van der Waals surface area contributed by atoms with E-state index in [0.29, 0.717) is 0 Å². The Hall–Kier alpha value is -2.66. The molecule has 0 saturated carbocycles. The Bertz CT molecular complexity index is 1010.